The van der Waals surface area contributed by atoms with Crippen molar-refractivity contribution in [2.24, 2.45) is 0 Å². The highest BCUT2D eigenvalue weighted by molar-refractivity contribution is 6.32. The lowest BCUT2D eigenvalue weighted by molar-refractivity contribution is -0.141. The van der Waals surface area contributed by atoms with Crippen molar-refractivity contribution < 1.29 is 18.0 Å². The summed E-state index contributed by atoms with van der Waals surface area (Å²) in [6.45, 7) is 9.90. The molecule has 1 aliphatic rings. The average molecular weight is 395 g/mol. The fraction of sp³-hybridized carbons (Fsp3) is 0.765. The highest BCUT2D eigenvalue weighted by atomic mass is 35.5. The zero-order valence-corrected chi connectivity index (χ0v) is 16.3. The number of aromatic nitrogens is 2. The van der Waals surface area contributed by atoms with Crippen LogP contribution in [-0.2, 0) is 11.0 Å². The molecule has 0 bridgehead atoms. The van der Waals surface area contributed by atoms with Crippen LogP contribution >= 0.6 is 11.6 Å². The molecular weight excluding hydrogens is 369 g/mol. The number of alkyl halides is 3. The van der Waals surface area contributed by atoms with Gasteiger partial charge in [-0.1, -0.05) is 25.4 Å². The Bertz CT molecular complexity index is 639. The van der Waals surface area contributed by atoms with Crippen molar-refractivity contribution in [3.63, 3.8) is 0 Å². The highest BCUT2D eigenvalue weighted by Gasteiger charge is 2.43. The van der Waals surface area contributed by atoms with Crippen molar-refractivity contribution in [1.29, 1.82) is 0 Å². The second-order valence-corrected chi connectivity index (χ2v) is 7.21. The van der Waals surface area contributed by atoms with Crippen molar-refractivity contribution >= 4 is 17.5 Å². The van der Waals surface area contributed by atoms with Crippen LogP contribution in [0.25, 0.3) is 0 Å². The number of carbonyl (C=O) groups is 1. The smallest absolute Gasteiger partial charge is 0.351 e. The predicted molar refractivity (Wildman–Crippen MR) is 94.3 cm³/mol. The summed E-state index contributed by atoms with van der Waals surface area (Å²) in [6, 6.07) is -0.985. The lowest BCUT2D eigenvalue weighted by Crippen LogP contribution is -2.44. The number of hydrogen-bond donors (Lipinski definition) is 1. The molecule has 0 unspecified atom stereocenters. The van der Waals surface area contributed by atoms with E-state index in [1.807, 2.05) is 20.8 Å². The molecule has 2 atom stereocenters. The van der Waals surface area contributed by atoms with E-state index in [4.69, 9.17) is 11.6 Å². The van der Waals surface area contributed by atoms with Gasteiger partial charge in [0.15, 0.2) is 5.69 Å². The third-order valence-electron chi connectivity index (χ3n) is 4.68. The Balaban J connectivity index is 2.18. The number of hydrogen-bond acceptors (Lipinski definition) is 3. The van der Waals surface area contributed by atoms with Gasteiger partial charge in [0, 0.05) is 18.5 Å². The van der Waals surface area contributed by atoms with Gasteiger partial charge in [0.05, 0.1) is 10.7 Å². The number of carbonyl (C=O) groups excluding carboxylic acids is 1. The first-order chi connectivity index (χ1) is 12.1. The van der Waals surface area contributed by atoms with Gasteiger partial charge in [0.1, 0.15) is 6.04 Å². The molecular formula is C17H26ClF3N4O. The predicted octanol–water partition coefficient (Wildman–Crippen LogP) is 3.84. The van der Waals surface area contributed by atoms with Crippen LogP contribution in [0.4, 0.5) is 13.2 Å². The lowest BCUT2D eigenvalue weighted by atomic mass is 10.2. The molecule has 1 amide bonds. The van der Waals surface area contributed by atoms with Crippen molar-refractivity contribution in [1.82, 2.24) is 20.0 Å². The van der Waals surface area contributed by atoms with Crippen LogP contribution < -0.4 is 5.32 Å². The van der Waals surface area contributed by atoms with Crippen LogP contribution in [0.15, 0.2) is 0 Å². The van der Waals surface area contributed by atoms with E-state index in [-0.39, 0.29) is 22.9 Å². The van der Waals surface area contributed by atoms with Crippen LogP contribution in [0, 0.1) is 0 Å². The van der Waals surface area contributed by atoms with Gasteiger partial charge >= 0.3 is 6.18 Å². The van der Waals surface area contributed by atoms with Gasteiger partial charge in [-0.15, -0.1) is 0 Å². The summed E-state index contributed by atoms with van der Waals surface area (Å²) in [5, 5.41) is 6.14. The van der Waals surface area contributed by atoms with Crippen LogP contribution in [0.2, 0.25) is 5.02 Å². The standard InChI is InChI=1S/C17H26ClF3N4O/c1-5-24(6-2)9-10(3)22-16(26)11(4)25-14(12-7-8-12)13(18)15(23-25)17(19,20)21/h10-12H,5-9H2,1-4H3,(H,22,26)/t10-,11+/m0/s1. The molecule has 0 saturated heterocycles. The van der Waals surface area contributed by atoms with E-state index in [9.17, 15) is 18.0 Å². The Hall–Kier alpha value is -1.28. The lowest BCUT2D eigenvalue weighted by Gasteiger charge is -2.25. The van der Waals surface area contributed by atoms with Gasteiger partial charge in [-0.3, -0.25) is 9.48 Å². The van der Waals surface area contributed by atoms with E-state index in [2.05, 4.69) is 15.3 Å². The van der Waals surface area contributed by atoms with Crippen molar-refractivity contribution in [3.05, 3.63) is 16.4 Å². The van der Waals surface area contributed by atoms with E-state index in [0.717, 1.165) is 30.6 Å². The van der Waals surface area contributed by atoms with Crippen LogP contribution in [0.1, 0.15) is 63.9 Å². The third kappa shape index (κ3) is 4.71. The molecule has 1 aliphatic carbocycles. The zero-order chi connectivity index (χ0) is 19.6. The Morgan fingerprint density at radius 2 is 1.92 bits per heavy atom. The van der Waals surface area contributed by atoms with Crippen molar-refractivity contribution in [3.8, 4) is 0 Å². The summed E-state index contributed by atoms with van der Waals surface area (Å²) >= 11 is 5.97. The number of nitrogens with zero attached hydrogens (tertiary/aromatic N) is 3. The van der Waals surface area contributed by atoms with Crippen LogP contribution in [0.3, 0.4) is 0 Å². The summed E-state index contributed by atoms with van der Waals surface area (Å²) in [5.74, 6) is -0.422. The van der Waals surface area contributed by atoms with E-state index in [1.54, 1.807) is 6.92 Å². The minimum atomic E-state index is -4.64. The summed E-state index contributed by atoms with van der Waals surface area (Å²) in [7, 11) is 0. The molecule has 0 aliphatic heterocycles. The van der Waals surface area contributed by atoms with Gasteiger partial charge in [-0.25, -0.2) is 0 Å². The first-order valence-electron chi connectivity index (χ1n) is 8.97. The van der Waals surface area contributed by atoms with E-state index in [1.165, 1.54) is 0 Å². The molecule has 1 N–H and O–H groups in total. The van der Waals surface area contributed by atoms with Gasteiger partial charge in [0.25, 0.3) is 0 Å². The molecule has 2 rings (SSSR count). The summed E-state index contributed by atoms with van der Waals surface area (Å²) in [5.41, 5.74) is -0.796. The highest BCUT2D eigenvalue weighted by Crippen LogP contribution is 2.47. The molecule has 0 aromatic carbocycles. The van der Waals surface area contributed by atoms with Gasteiger partial charge in [-0.2, -0.15) is 18.3 Å². The second kappa shape index (κ2) is 8.17. The first kappa shape index (κ1) is 21.0. The molecule has 0 spiro atoms. The van der Waals surface area contributed by atoms with Gasteiger partial charge < -0.3 is 10.2 Å². The maximum atomic E-state index is 13.2. The van der Waals surface area contributed by atoms with Crippen molar-refractivity contribution in [2.75, 3.05) is 19.6 Å². The van der Waals surface area contributed by atoms with E-state index >= 15 is 0 Å². The Kier molecular flexibility index (Phi) is 6.60. The Morgan fingerprint density at radius 3 is 2.38 bits per heavy atom. The molecule has 0 radical (unpaired) electrons. The number of likely N-dealkylation sites (N-methyl/N-ethyl adjacent to an activating group) is 1. The largest absolute Gasteiger partial charge is 0.436 e. The topological polar surface area (TPSA) is 50.2 Å². The summed E-state index contributed by atoms with van der Waals surface area (Å²) in [6.07, 6.45) is -3.12. The molecule has 1 aromatic rings. The maximum Gasteiger partial charge on any atom is 0.436 e. The molecule has 1 heterocycles. The monoisotopic (exact) mass is 394 g/mol. The molecule has 1 saturated carbocycles. The number of amides is 1. The summed E-state index contributed by atoms with van der Waals surface area (Å²) in [4.78, 5) is 14.7. The first-order valence-corrected chi connectivity index (χ1v) is 9.35. The maximum absolute atomic E-state index is 13.2. The molecule has 9 heteroatoms. The van der Waals surface area contributed by atoms with Crippen LogP contribution in [-0.4, -0.2) is 46.3 Å². The van der Waals surface area contributed by atoms with Gasteiger partial charge in [0.2, 0.25) is 5.91 Å². The average Bonchev–Trinajstić information content (AvgIpc) is 3.33. The van der Waals surface area contributed by atoms with Gasteiger partial charge in [-0.05, 0) is 39.8 Å². The number of rotatable bonds is 8. The molecule has 1 aromatic heterocycles. The van der Waals surface area contributed by atoms with Crippen LogP contribution in [0.5, 0.6) is 0 Å². The molecule has 5 nitrogen and oxygen atoms in total. The van der Waals surface area contributed by atoms with Crippen molar-refractivity contribution in [2.45, 2.75) is 64.7 Å². The fourth-order valence-corrected chi connectivity index (χ4v) is 3.40. The van der Waals surface area contributed by atoms with E-state index < -0.39 is 17.9 Å². The fourth-order valence-electron chi connectivity index (χ4n) is 3.02. The Morgan fingerprint density at radius 1 is 1.35 bits per heavy atom. The normalized spacial score (nSPS) is 17.4. The number of halogens is 4. The Labute approximate surface area is 156 Å². The minimum Gasteiger partial charge on any atom is -0.351 e. The second-order valence-electron chi connectivity index (χ2n) is 6.84. The van der Waals surface area contributed by atoms with E-state index in [0.29, 0.717) is 12.2 Å². The summed E-state index contributed by atoms with van der Waals surface area (Å²) < 4.78 is 40.6. The molecule has 148 valence electrons. The molecule has 1 fully saturated rings. The quantitative estimate of drug-likeness (QED) is 0.728. The third-order valence-corrected chi connectivity index (χ3v) is 5.05. The minimum absolute atomic E-state index is 0.0607. The molecule has 26 heavy (non-hydrogen) atoms. The zero-order valence-electron chi connectivity index (χ0n) is 15.5. The number of nitrogens with one attached hydrogen (secondary N) is 1. The SMILES string of the molecule is CCN(CC)C[C@H](C)NC(=O)[C@@H](C)n1nc(C(F)(F)F)c(Cl)c1C1CC1.